The van der Waals surface area contributed by atoms with Gasteiger partial charge < -0.3 is 4.90 Å². The van der Waals surface area contributed by atoms with Gasteiger partial charge in [0.25, 0.3) is 0 Å². The summed E-state index contributed by atoms with van der Waals surface area (Å²) in [4.78, 5) is 27.6. The molecule has 0 radical (unpaired) electrons. The number of hydrogen-bond donors (Lipinski definition) is 0. The fourth-order valence-corrected chi connectivity index (χ4v) is 3.96. The number of ketones is 1. The Morgan fingerprint density at radius 2 is 1.62 bits per heavy atom. The van der Waals surface area contributed by atoms with E-state index in [-0.39, 0.29) is 23.5 Å². The third-order valence-electron chi connectivity index (χ3n) is 5.61. The highest BCUT2D eigenvalue weighted by Gasteiger charge is 2.34. The third-order valence-corrected chi connectivity index (χ3v) is 5.61. The summed E-state index contributed by atoms with van der Waals surface area (Å²) < 4.78 is 0. The van der Waals surface area contributed by atoms with Crippen LogP contribution in [0.3, 0.4) is 0 Å². The number of likely N-dealkylation sites (tertiary alicyclic amines) is 1. The molecule has 2 aromatic carbocycles. The Morgan fingerprint density at radius 1 is 0.875 bits per heavy atom. The lowest BCUT2D eigenvalue weighted by atomic mass is 9.82. The number of nitrogens with zero attached hydrogens (tertiary/aromatic N) is 1. The number of Topliss-reactive ketones (excluding diaryl/α,β-unsaturated/α-hetero) is 1. The number of benzene rings is 2. The molecule has 2 aromatic rings. The standard InChI is InChI=1S/C21H23NO2/c23-20(19-12-4-7-15-6-1-2-11-18(15)19)17-10-5-13-22(14-17)21(24)16-8-3-9-16/h1-2,4,6-7,11-12,16-17H,3,5,8-10,13-14H2. The number of hydrogen-bond acceptors (Lipinski definition) is 2. The summed E-state index contributed by atoms with van der Waals surface area (Å²) in [5, 5.41) is 2.12. The van der Waals surface area contributed by atoms with Crippen LogP contribution in [-0.2, 0) is 4.79 Å². The molecule has 1 heterocycles. The van der Waals surface area contributed by atoms with Crippen LogP contribution >= 0.6 is 0 Å². The Morgan fingerprint density at radius 3 is 2.42 bits per heavy atom. The van der Waals surface area contributed by atoms with Gasteiger partial charge in [-0.3, -0.25) is 9.59 Å². The van der Waals surface area contributed by atoms with Crippen LogP contribution in [-0.4, -0.2) is 29.7 Å². The first-order chi connectivity index (χ1) is 11.7. The van der Waals surface area contributed by atoms with Crippen LogP contribution in [0.4, 0.5) is 0 Å². The van der Waals surface area contributed by atoms with Crippen LogP contribution in [0.25, 0.3) is 10.8 Å². The van der Waals surface area contributed by atoms with Gasteiger partial charge >= 0.3 is 0 Å². The highest BCUT2D eigenvalue weighted by molar-refractivity contribution is 6.09. The first-order valence-electron chi connectivity index (χ1n) is 9.05. The quantitative estimate of drug-likeness (QED) is 0.799. The second-order valence-electron chi connectivity index (χ2n) is 7.14. The maximum absolute atomic E-state index is 13.1. The van der Waals surface area contributed by atoms with Gasteiger partial charge in [0.1, 0.15) is 0 Å². The summed E-state index contributed by atoms with van der Waals surface area (Å²) in [5.74, 6) is 0.625. The molecule has 1 saturated carbocycles. The van der Waals surface area contributed by atoms with Gasteiger partial charge in [0.15, 0.2) is 5.78 Å². The summed E-state index contributed by atoms with van der Waals surface area (Å²) in [6.07, 6.45) is 5.04. The van der Waals surface area contributed by atoms with Crippen molar-refractivity contribution in [1.29, 1.82) is 0 Å². The fourth-order valence-electron chi connectivity index (χ4n) is 3.96. The summed E-state index contributed by atoms with van der Waals surface area (Å²) >= 11 is 0. The van der Waals surface area contributed by atoms with Crippen LogP contribution in [0, 0.1) is 11.8 Å². The lowest BCUT2D eigenvalue weighted by Crippen LogP contribution is -2.46. The lowest BCUT2D eigenvalue weighted by molar-refractivity contribution is -0.139. The number of amides is 1. The second-order valence-corrected chi connectivity index (χ2v) is 7.14. The molecule has 2 aliphatic rings. The molecule has 3 heteroatoms. The van der Waals surface area contributed by atoms with Gasteiger partial charge in [0, 0.05) is 30.5 Å². The average molecular weight is 321 g/mol. The Bertz CT molecular complexity index is 773. The molecule has 1 aliphatic heterocycles. The predicted octanol–water partition coefficient (Wildman–Crippen LogP) is 4.06. The number of carbonyl (C=O) groups excluding carboxylic acids is 2. The van der Waals surface area contributed by atoms with E-state index in [2.05, 4.69) is 0 Å². The SMILES string of the molecule is O=C(c1cccc2ccccc12)C1CCCN(C(=O)C2CCC2)C1. The number of piperidine rings is 1. The minimum atomic E-state index is -0.0615. The van der Waals surface area contributed by atoms with E-state index in [1.165, 1.54) is 6.42 Å². The van der Waals surface area contributed by atoms with Gasteiger partial charge in [-0.05, 0) is 36.5 Å². The summed E-state index contributed by atoms with van der Waals surface area (Å²) in [5.41, 5.74) is 0.802. The highest BCUT2D eigenvalue weighted by atomic mass is 16.2. The van der Waals surface area contributed by atoms with E-state index in [9.17, 15) is 9.59 Å². The second kappa shape index (κ2) is 6.39. The molecule has 1 atom stereocenters. The van der Waals surface area contributed by atoms with Crippen LogP contribution in [0.15, 0.2) is 42.5 Å². The monoisotopic (exact) mass is 321 g/mol. The molecule has 0 N–H and O–H groups in total. The Kier molecular flexibility index (Phi) is 4.09. The Labute approximate surface area is 142 Å². The van der Waals surface area contributed by atoms with Crippen LogP contribution in [0.2, 0.25) is 0 Å². The van der Waals surface area contributed by atoms with Gasteiger partial charge in [-0.1, -0.05) is 48.9 Å². The Hall–Kier alpha value is -2.16. The maximum Gasteiger partial charge on any atom is 0.225 e. The normalized spacial score (nSPS) is 21.5. The topological polar surface area (TPSA) is 37.4 Å². The first kappa shape index (κ1) is 15.4. The molecule has 1 unspecified atom stereocenters. The Balaban J connectivity index is 1.56. The van der Waals surface area contributed by atoms with Gasteiger partial charge in [-0.15, -0.1) is 0 Å². The molecular formula is C21H23NO2. The van der Waals surface area contributed by atoms with Crippen molar-refractivity contribution in [3.05, 3.63) is 48.0 Å². The molecule has 0 aromatic heterocycles. The van der Waals surface area contributed by atoms with Gasteiger partial charge in [-0.2, -0.15) is 0 Å². The van der Waals surface area contributed by atoms with Gasteiger partial charge in [0.2, 0.25) is 5.91 Å². The first-order valence-corrected chi connectivity index (χ1v) is 9.05. The number of carbonyl (C=O) groups is 2. The van der Waals surface area contributed by atoms with Crippen molar-refractivity contribution in [1.82, 2.24) is 4.90 Å². The van der Waals surface area contributed by atoms with E-state index in [0.29, 0.717) is 6.54 Å². The van der Waals surface area contributed by atoms with Crippen molar-refractivity contribution in [2.45, 2.75) is 32.1 Å². The molecule has 4 rings (SSSR count). The van der Waals surface area contributed by atoms with E-state index in [0.717, 1.165) is 48.6 Å². The molecule has 124 valence electrons. The zero-order valence-electron chi connectivity index (χ0n) is 13.9. The molecule has 0 spiro atoms. The maximum atomic E-state index is 13.1. The minimum absolute atomic E-state index is 0.0615. The van der Waals surface area contributed by atoms with Crippen molar-refractivity contribution < 1.29 is 9.59 Å². The van der Waals surface area contributed by atoms with Crippen molar-refractivity contribution in [2.24, 2.45) is 11.8 Å². The zero-order valence-corrected chi connectivity index (χ0v) is 13.9. The number of fused-ring (bicyclic) bond motifs is 1. The summed E-state index contributed by atoms with van der Waals surface area (Å²) in [7, 11) is 0. The van der Waals surface area contributed by atoms with E-state index in [1.807, 2.05) is 47.4 Å². The highest BCUT2D eigenvalue weighted by Crippen LogP contribution is 2.31. The molecule has 0 bridgehead atoms. The molecular weight excluding hydrogens is 298 g/mol. The van der Waals surface area contributed by atoms with Crippen molar-refractivity contribution >= 4 is 22.5 Å². The average Bonchev–Trinajstić information content (AvgIpc) is 2.59. The van der Waals surface area contributed by atoms with Crippen molar-refractivity contribution in [3.63, 3.8) is 0 Å². The third kappa shape index (κ3) is 2.72. The van der Waals surface area contributed by atoms with Crippen LogP contribution in [0.5, 0.6) is 0 Å². The molecule has 1 amide bonds. The minimum Gasteiger partial charge on any atom is -0.342 e. The largest absolute Gasteiger partial charge is 0.342 e. The van der Waals surface area contributed by atoms with E-state index < -0.39 is 0 Å². The van der Waals surface area contributed by atoms with Gasteiger partial charge in [-0.25, -0.2) is 0 Å². The van der Waals surface area contributed by atoms with Crippen LogP contribution in [0.1, 0.15) is 42.5 Å². The van der Waals surface area contributed by atoms with Crippen molar-refractivity contribution in [2.75, 3.05) is 13.1 Å². The van der Waals surface area contributed by atoms with E-state index >= 15 is 0 Å². The fraction of sp³-hybridized carbons (Fsp3) is 0.429. The van der Waals surface area contributed by atoms with Crippen molar-refractivity contribution in [3.8, 4) is 0 Å². The zero-order chi connectivity index (χ0) is 16.5. The molecule has 24 heavy (non-hydrogen) atoms. The van der Waals surface area contributed by atoms with Gasteiger partial charge in [0.05, 0.1) is 0 Å². The smallest absolute Gasteiger partial charge is 0.225 e. The number of rotatable bonds is 3. The summed E-state index contributed by atoms with van der Waals surface area (Å²) in [6.45, 7) is 1.41. The molecule has 1 aliphatic carbocycles. The summed E-state index contributed by atoms with van der Waals surface area (Å²) in [6, 6.07) is 14.0. The van der Waals surface area contributed by atoms with Crippen LogP contribution < -0.4 is 0 Å². The lowest BCUT2D eigenvalue weighted by Gasteiger charge is -2.36. The molecule has 1 saturated heterocycles. The van der Waals surface area contributed by atoms with E-state index in [1.54, 1.807) is 0 Å². The molecule has 3 nitrogen and oxygen atoms in total. The molecule has 2 fully saturated rings. The predicted molar refractivity (Wildman–Crippen MR) is 94.9 cm³/mol. The van der Waals surface area contributed by atoms with E-state index in [4.69, 9.17) is 0 Å².